The van der Waals surface area contributed by atoms with E-state index in [9.17, 15) is 0 Å². The quantitative estimate of drug-likeness (QED) is 0.682. The Balaban J connectivity index is 2.04. The van der Waals surface area contributed by atoms with Crippen LogP contribution in [0.2, 0.25) is 0 Å². The molecule has 0 aromatic carbocycles. The summed E-state index contributed by atoms with van der Waals surface area (Å²) in [5.41, 5.74) is 0. The molecule has 3 heteroatoms. The highest BCUT2D eigenvalue weighted by atomic mass is 32.2. The molecule has 1 fully saturated rings. The molecular formula is C11H24N2S. The van der Waals surface area contributed by atoms with E-state index in [-0.39, 0.29) is 0 Å². The minimum Gasteiger partial charge on any atom is -0.317 e. The van der Waals surface area contributed by atoms with E-state index >= 15 is 0 Å². The van der Waals surface area contributed by atoms with Gasteiger partial charge in [0.25, 0.3) is 0 Å². The van der Waals surface area contributed by atoms with Crippen LogP contribution >= 0.6 is 11.8 Å². The summed E-state index contributed by atoms with van der Waals surface area (Å²) in [5.74, 6) is 2.59. The van der Waals surface area contributed by atoms with Crippen LogP contribution in [0, 0.1) is 0 Å². The summed E-state index contributed by atoms with van der Waals surface area (Å²) < 4.78 is 0. The summed E-state index contributed by atoms with van der Waals surface area (Å²) in [5, 5.41) is 3.42. The van der Waals surface area contributed by atoms with Gasteiger partial charge in [-0.05, 0) is 57.5 Å². The third-order valence-electron chi connectivity index (χ3n) is 2.94. The number of nitrogens with zero attached hydrogens (tertiary/aromatic N) is 1. The van der Waals surface area contributed by atoms with E-state index in [1.807, 2.05) is 0 Å². The summed E-state index contributed by atoms with van der Waals surface area (Å²) in [7, 11) is 2.28. The van der Waals surface area contributed by atoms with Gasteiger partial charge in [0.15, 0.2) is 0 Å². The summed E-state index contributed by atoms with van der Waals surface area (Å²) >= 11 is 2.06. The van der Waals surface area contributed by atoms with Crippen molar-refractivity contribution in [3.05, 3.63) is 0 Å². The lowest BCUT2D eigenvalue weighted by Crippen LogP contribution is -2.41. The van der Waals surface area contributed by atoms with Gasteiger partial charge in [-0.25, -0.2) is 0 Å². The molecule has 0 radical (unpaired) electrons. The number of thioether (sulfide) groups is 1. The smallest absolute Gasteiger partial charge is 0.0116 e. The van der Waals surface area contributed by atoms with Gasteiger partial charge in [0.2, 0.25) is 0 Å². The second-order valence-corrected chi connectivity index (χ2v) is 5.41. The maximum absolute atomic E-state index is 3.42. The first-order chi connectivity index (χ1) is 6.84. The zero-order chi connectivity index (χ0) is 10.2. The van der Waals surface area contributed by atoms with E-state index in [0.29, 0.717) is 0 Å². The highest BCUT2D eigenvalue weighted by molar-refractivity contribution is 7.99. The zero-order valence-corrected chi connectivity index (χ0v) is 10.4. The molecule has 0 spiro atoms. The van der Waals surface area contributed by atoms with Gasteiger partial charge in [0.05, 0.1) is 0 Å². The minimum absolute atomic E-state index is 0.836. The molecule has 0 aromatic heterocycles. The molecule has 0 amide bonds. The largest absolute Gasteiger partial charge is 0.317 e. The lowest BCUT2D eigenvalue weighted by atomic mass is 10.1. The Labute approximate surface area is 92.8 Å². The number of nitrogens with one attached hydrogen (secondary N) is 1. The average Bonchev–Trinajstić information content (AvgIpc) is 2.25. The summed E-state index contributed by atoms with van der Waals surface area (Å²) in [6.07, 6.45) is 4.01. The standard InChI is InChI=1S/C11H24N2S/c1-3-14-10-4-9-13(2)11-5-7-12-8-6-11/h11-12H,3-10H2,1-2H3. The number of rotatable bonds is 6. The fourth-order valence-corrected chi connectivity index (χ4v) is 2.61. The van der Waals surface area contributed by atoms with Crippen LogP contribution in [-0.4, -0.2) is 49.1 Å². The van der Waals surface area contributed by atoms with Crippen molar-refractivity contribution in [2.45, 2.75) is 32.2 Å². The SMILES string of the molecule is CCSCCCN(C)C1CCNCC1. The molecule has 14 heavy (non-hydrogen) atoms. The zero-order valence-electron chi connectivity index (χ0n) is 9.59. The van der Waals surface area contributed by atoms with E-state index in [1.54, 1.807) is 0 Å². The number of hydrogen-bond donors (Lipinski definition) is 1. The fourth-order valence-electron chi connectivity index (χ4n) is 1.99. The van der Waals surface area contributed by atoms with Crippen LogP contribution < -0.4 is 5.32 Å². The predicted octanol–water partition coefficient (Wildman–Crippen LogP) is 1.81. The summed E-state index contributed by atoms with van der Waals surface area (Å²) in [4.78, 5) is 2.55. The van der Waals surface area contributed by atoms with Gasteiger partial charge < -0.3 is 10.2 Å². The molecule has 1 heterocycles. The second-order valence-electron chi connectivity index (χ2n) is 4.01. The van der Waals surface area contributed by atoms with Gasteiger partial charge in [-0.3, -0.25) is 0 Å². The molecular weight excluding hydrogens is 192 g/mol. The summed E-state index contributed by atoms with van der Waals surface area (Å²) in [6, 6.07) is 0.836. The van der Waals surface area contributed by atoms with E-state index in [0.717, 1.165) is 6.04 Å². The van der Waals surface area contributed by atoms with Gasteiger partial charge in [-0.1, -0.05) is 6.92 Å². The van der Waals surface area contributed by atoms with E-state index in [1.165, 1.54) is 50.4 Å². The molecule has 1 saturated heterocycles. The van der Waals surface area contributed by atoms with Crippen LogP contribution in [0.15, 0.2) is 0 Å². The molecule has 0 atom stereocenters. The Kier molecular flexibility index (Phi) is 6.65. The van der Waals surface area contributed by atoms with Crippen LogP contribution in [0.3, 0.4) is 0 Å². The second kappa shape index (κ2) is 7.55. The molecule has 0 saturated carbocycles. The van der Waals surface area contributed by atoms with Gasteiger partial charge in [0.1, 0.15) is 0 Å². The predicted molar refractivity (Wildman–Crippen MR) is 66.1 cm³/mol. The molecule has 84 valence electrons. The Morgan fingerprint density at radius 3 is 2.71 bits per heavy atom. The average molecular weight is 216 g/mol. The molecule has 1 aliphatic heterocycles. The summed E-state index contributed by atoms with van der Waals surface area (Å²) in [6.45, 7) is 5.93. The Hall–Kier alpha value is 0.270. The van der Waals surface area contributed by atoms with Crippen molar-refractivity contribution in [1.82, 2.24) is 10.2 Å². The van der Waals surface area contributed by atoms with Crippen LogP contribution in [0.4, 0.5) is 0 Å². The highest BCUT2D eigenvalue weighted by Gasteiger charge is 2.16. The monoisotopic (exact) mass is 216 g/mol. The molecule has 0 aliphatic carbocycles. The third-order valence-corrected chi connectivity index (χ3v) is 3.92. The molecule has 0 aromatic rings. The number of hydrogen-bond acceptors (Lipinski definition) is 3. The minimum atomic E-state index is 0.836. The van der Waals surface area contributed by atoms with Crippen LogP contribution in [-0.2, 0) is 0 Å². The molecule has 0 bridgehead atoms. The van der Waals surface area contributed by atoms with Crippen molar-refractivity contribution in [3.63, 3.8) is 0 Å². The van der Waals surface area contributed by atoms with Crippen molar-refractivity contribution >= 4 is 11.8 Å². The third kappa shape index (κ3) is 4.67. The van der Waals surface area contributed by atoms with Crippen molar-refractivity contribution in [1.29, 1.82) is 0 Å². The van der Waals surface area contributed by atoms with Crippen LogP contribution in [0.25, 0.3) is 0 Å². The molecule has 1 N–H and O–H groups in total. The molecule has 1 rings (SSSR count). The van der Waals surface area contributed by atoms with Crippen molar-refractivity contribution in [2.24, 2.45) is 0 Å². The van der Waals surface area contributed by atoms with Gasteiger partial charge >= 0.3 is 0 Å². The topological polar surface area (TPSA) is 15.3 Å². The number of piperidine rings is 1. The Morgan fingerprint density at radius 2 is 2.07 bits per heavy atom. The molecule has 2 nitrogen and oxygen atoms in total. The normalized spacial score (nSPS) is 19.1. The Bertz CT molecular complexity index is 135. The van der Waals surface area contributed by atoms with Crippen molar-refractivity contribution in [3.8, 4) is 0 Å². The Morgan fingerprint density at radius 1 is 1.36 bits per heavy atom. The lowest BCUT2D eigenvalue weighted by Gasteiger charge is -2.31. The molecule has 0 unspecified atom stereocenters. The van der Waals surface area contributed by atoms with Crippen molar-refractivity contribution in [2.75, 3.05) is 38.2 Å². The maximum Gasteiger partial charge on any atom is 0.0116 e. The first-order valence-corrected chi connectivity index (χ1v) is 6.98. The first kappa shape index (κ1) is 12.3. The van der Waals surface area contributed by atoms with Crippen LogP contribution in [0.1, 0.15) is 26.2 Å². The maximum atomic E-state index is 3.42. The van der Waals surface area contributed by atoms with E-state index in [4.69, 9.17) is 0 Å². The van der Waals surface area contributed by atoms with E-state index < -0.39 is 0 Å². The van der Waals surface area contributed by atoms with Gasteiger partial charge in [-0.15, -0.1) is 0 Å². The van der Waals surface area contributed by atoms with Crippen molar-refractivity contribution < 1.29 is 0 Å². The highest BCUT2D eigenvalue weighted by Crippen LogP contribution is 2.11. The van der Waals surface area contributed by atoms with Gasteiger partial charge in [-0.2, -0.15) is 11.8 Å². The lowest BCUT2D eigenvalue weighted by molar-refractivity contribution is 0.200. The first-order valence-electron chi connectivity index (χ1n) is 5.83. The van der Waals surface area contributed by atoms with Gasteiger partial charge in [0, 0.05) is 6.04 Å². The van der Waals surface area contributed by atoms with Crippen LogP contribution in [0.5, 0.6) is 0 Å². The molecule has 1 aliphatic rings. The fraction of sp³-hybridized carbons (Fsp3) is 1.00. The van der Waals surface area contributed by atoms with E-state index in [2.05, 4.69) is 35.9 Å².